The molecule has 0 bridgehead atoms. The van der Waals surface area contributed by atoms with Crippen LogP contribution >= 0.6 is 11.6 Å². The molecule has 0 heterocycles. The highest BCUT2D eigenvalue weighted by atomic mass is 35.5. The van der Waals surface area contributed by atoms with Crippen molar-refractivity contribution < 1.29 is 18.7 Å². The van der Waals surface area contributed by atoms with Gasteiger partial charge in [-0.05, 0) is 99.5 Å². The van der Waals surface area contributed by atoms with Crippen molar-refractivity contribution >= 4 is 17.6 Å². The molecule has 0 N–H and O–H groups in total. The molecule has 0 spiro atoms. The van der Waals surface area contributed by atoms with E-state index >= 15 is 0 Å². The Morgan fingerprint density at radius 3 is 2.28 bits per heavy atom. The van der Waals surface area contributed by atoms with Gasteiger partial charge in [0.1, 0.15) is 11.9 Å². The molecule has 1 aliphatic carbocycles. The number of esters is 1. The van der Waals surface area contributed by atoms with Gasteiger partial charge in [-0.1, -0.05) is 87.9 Å². The Hall–Kier alpha value is -2.07. The monoisotopic (exact) mass is 558 g/mol. The Morgan fingerprint density at radius 2 is 1.62 bits per heavy atom. The van der Waals surface area contributed by atoms with Gasteiger partial charge in [0.25, 0.3) is 0 Å². The maximum absolute atomic E-state index is 13.9. The number of aryl methyl sites for hydroxylation is 1. The van der Waals surface area contributed by atoms with Gasteiger partial charge in [0.2, 0.25) is 0 Å². The summed E-state index contributed by atoms with van der Waals surface area (Å²) in [6.07, 6.45) is 12.4. The van der Waals surface area contributed by atoms with E-state index in [1.165, 1.54) is 31.2 Å². The lowest BCUT2D eigenvalue weighted by Gasteiger charge is -2.28. The first-order chi connectivity index (χ1) is 18.9. The van der Waals surface area contributed by atoms with Gasteiger partial charge in [0, 0.05) is 0 Å². The summed E-state index contributed by atoms with van der Waals surface area (Å²) in [5.41, 5.74) is 3.56. The van der Waals surface area contributed by atoms with E-state index in [1.54, 1.807) is 0 Å². The highest BCUT2D eigenvalue weighted by Gasteiger charge is 2.27. The highest BCUT2D eigenvalue weighted by Crippen LogP contribution is 2.33. The van der Waals surface area contributed by atoms with Crippen molar-refractivity contribution in [3.05, 3.63) is 53.1 Å². The summed E-state index contributed by atoms with van der Waals surface area (Å²) in [5, 5.41) is 0.654. The molecule has 0 amide bonds. The zero-order valence-corrected chi connectivity index (χ0v) is 25.0. The fraction of sp³-hybridized carbons (Fsp3) is 0.618. The predicted molar refractivity (Wildman–Crippen MR) is 160 cm³/mol. The third kappa shape index (κ3) is 10.8. The number of benzene rings is 2. The molecule has 0 radical (unpaired) electrons. The maximum Gasteiger partial charge on any atom is 0.340 e. The summed E-state index contributed by atoms with van der Waals surface area (Å²) in [6, 6.07) is 14.8. The lowest BCUT2D eigenvalue weighted by atomic mass is 9.83. The van der Waals surface area contributed by atoms with E-state index in [1.807, 2.05) is 19.1 Å². The molecule has 39 heavy (non-hydrogen) atoms. The van der Waals surface area contributed by atoms with E-state index in [-0.39, 0.29) is 18.6 Å². The summed E-state index contributed by atoms with van der Waals surface area (Å²) in [5.74, 6) is 0.717. The normalized spacial score (nSPS) is 18.9. The van der Waals surface area contributed by atoms with Crippen LogP contribution in [0.4, 0.5) is 4.39 Å². The Labute approximate surface area is 240 Å². The zero-order chi connectivity index (χ0) is 28.0. The van der Waals surface area contributed by atoms with E-state index in [0.29, 0.717) is 10.9 Å². The summed E-state index contributed by atoms with van der Waals surface area (Å²) in [6.45, 7) is 6.34. The van der Waals surface area contributed by atoms with Gasteiger partial charge in [0.05, 0.1) is 11.1 Å². The quantitative estimate of drug-likeness (QED) is 0.152. The average Bonchev–Trinajstić information content (AvgIpc) is 2.95. The first-order valence-electron chi connectivity index (χ1n) is 15.3. The minimum absolute atomic E-state index is 0.120. The van der Waals surface area contributed by atoms with Gasteiger partial charge in [-0.2, -0.15) is 0 Å². The summed E-state index contributed by atoms with van der Waals surface area (Å²) < 4.78 is 25.5. The first kappa shape index (κ1) is 31.5. The Balaban J connectivity index is 1.41. The van der Waals surface area contributed by atoms with E-state index < -0.39 is 12.1 Å². The molecule has 0 aliphatic heterocycles. The average molecular weight is 559 g/mol. The molecule has 0 unspecified atom stereocenters. The number of carbonyl (C=O) groups excluding carboxylic acids is 1. The number of carbonyl (C=O) groups is 1. The van der Waals surface area contributed by atoms with Crippen LogP contribution in [0.1, 0.15) is 110 Å². The molecule has 5 heteroatoms. The van der Waals surface area contributed by atoms with Crippen molar-refractivity contribution in [2.24, 2.45) is 5.92 Å². The largest absolute Gasteiger partial charge is 0.489 e. The molecule has 0 saturated heterocycles. The second kappa shape index (κ2) is 16.9. The number of hydrogen-bond acceptors (Lipinski definition) is 3. The van der Waals surface area contributed by atoms with Gasteiger partial charge in [-0.25, -0.2) is 9.18 Å². The van der Waals surface area contributed by atoms with Crippen molar-refractivity contribution in [2.75, 3.05) is 0 Å². The Kier molecular flexibility index (Phi) is 13.6. The fourth-order valence-corrected chi connectivity index (χ4v) is 5.65. The molecule has 1 aliphatic rings. The van der Waals surface area contributed by atoms with Crippen molar-refractivity contribution in [1.29, 1.82) is 0 Å². The Morgan fingerprint density at radius 1 is 0.923 bits per heavy atom. The Bertz CT molecular complexity index is 984. The van der Waals surface area contributed by atoms with Crippen LogP contribution in [-0.4, -0.2) is 24.3 Å². The lowest BCUT2D eigenvalue weighted by molar-refractivity contribution is -0.157. The van der Waals surface area contributed by atoms with Crippen LogP contribution in [0.3, 0.4) is 0 Å². The second-order valence-corrected chi connectivity index (χ2v) is 11.8. The van der Waals surface area contributed by atoms with Crippen LogP contribution in [0.15, 0.2) is 42.5 Å². The van der Waals surface area contributed by atoms with Gasteiger partial charge in [-0.3, -0.25) is 0 Å². The molecular formula is C34H48ClFO3. The summed E-state index contributed by atoms with van der Waals surface area (Å²) >= 11 is 6.58. The van der Waals surface area contributed by atoms with Crippen LogP contribution in [-0.2, 0) is 16.0 Å². The smallest absolute Gasteiger partial charge is 0.340 e. The molecule has 2 aromatic rings. The molecule has 3 nitrogen and oxygen atoms in total. The number of halogens is 2. The first-order valence-corrected chi connectivity index (χ1v) is 15.7. The third-order valence-electron chi connectivity index (χ3n) is 8.00. The number of rotatable bonds is 16. The molecular weight excluding hydrogens is 511 g/mol. The van der Waals surface area contributed by atoms with Gasteiger partial charge < -0.3 is 9.47 Å². The maximum atomic E-state index is 13.9. The van der Waals surface area contributed by atoms with Gasteiger partial charge in [0.15, 0.2) is 6.17 Å². The van der Waals surface area contributed by atoms with E-state index in [2.05, 4.69) is 44.2 Å². The predicted octanol–water partition coefficient (Wildman–Crippen LogP) is 10.3. The van der Waals surface area contributed by atoms with Crippen molar-refractivity contribution in [3.8, 4) is 16.9 Å². The summed E-state index contributed by atoms with van der Waals surface area (Å²) in [7, 11) is 0. The minimum atomic E-state index is -1.47. The topological polar surface area (TPSA) is 35.5 Å². The van der Waals surface area contributed by atoms with Crippen molar-refractivity contribution in [1.82, 2.24) is 0 Å². The molecule has 216 valence electrons. The highest BCUT2D eigenvalue weighted by molar-refractivity contribution is 6.32. The van der Waals surface area contributed by atoms with E-state index in [4.69, 9.17) is 21.1 Å². The zero-order valence-electron chi connectivity index (χ0n) is 24.2. The number of alkyl halides is 1. The molecule has 2 atom stereocenters. The van der Waals surface area contributed by atoms with E-state index in [9.17, 15) is 9.18 Å². The van der Waals surface area contributed by atoms with Crippen molar-refractivity contribution in [2.45, 2.75) is 129 Å². The third-order valence-corrected chi connectivity index (χ3v) is 8.29. The van der Waals surface area contributed by atoms with Gasteiger partial charge in [-0.15, -0.1) is 0 Å². The standard InChI is InChI=1S/C34H48ClFO3/c1-4-6-8-9-10-25(3)38-33-23-20-29(24-31(33)35)28-18-14-26(15-19-28)12-13-27-16-21-30(22-17-27)39-34(37)32(36)11-7-5-2/h14-15,18-20,23-25,27,30,32H,4-13,16-17,21-22H2,1-3H3/t25-,27?,30?,32+/m1/s1. The van der Waals surface area contributed by atoms with E-state index in [0.717, 1.165) is 74.7 Å². The molecule has 2 aromatic carbocycles. The lowest BCUT2D eigenvalue weighted by Crippen LogP contribution is -2.29. The second-order valence-electron chi connectivity index (χ2n) is 11.3. The summed E-state index contributed by atoms with van der Waals surface area (Å²) in [4.78, 5) is 12.0. The molecule has 3 rings (SSSR count). The van der Waals surface area contributed by atoms with Crippen LogP contribution in [0.25, 0.3) is 11.1 Å². The number of ether oxygens (including phenoxy) is 2. The van der Waals surface area contributed by atoms with Crippen LogP contribution in [0.5, 0.6) is 5.75 Å². The van der Waals surface area contributed by atoms with Crippen LogP contribution in [0, 0.1) is 5.92 Å². The van der Waals surface area contributed by atoms with Crippen LogP contribution in [0.2, 0.25) is 5.02 Å². The minimum Gasteiger partial charge on any atom is -0.489 e. The molecule has 1 fully saturated rings. The van der Waals surface area contributed by atoms with Gasteiger partial charge >= 0.3 is 5.97 Å². The fourth-order valence-electron chi connectivity index (χ4n) is 5.42. The number of unbranched alkanes of at least 4 members (excludes halogenated alkanes) is 4. The molecule has 1 saturated carbocycles. The SMILES string of the molecule is CCCCCC[C@@H](C)Oc1ccc(-c2ccc(CCC3CCC(OC(=O)[C@@H](F)CCCC)CC3)cc2)cc1Cl. The van der Waals surface area contributed by atoms with Crippen molar-refractivity contribution in [3.63, 3.8) is 0 Å². The number of hydrogen-bond donors (Lipinski definition) is 0. The molecule has 0 aromatic heterocycles. The van der Waals surface area contributed by atoms with Crippen LogP contribution < -0.4 is 4.74 Å².